The van der Waals surface area contributed by atoms with Crippen LogP contribution in [-0.4, -0.2) is 44.8 Å². The largest absolute Gasteiger partial charge is 0.497 e. The van der Waals surface area contributed by atoms with Crippen molar-refractivity contribution in [1.82, 2.24) is 10.2 Å². The average molecular weight is 278 g/mol. The molecule has 2 rings (SSSR count). The van der Waals surface area contributed by atoms with E-state index in [0.29, 0.717) is 12.1 Å². The first kappa shape index (κ1) is 15.1. The third kappa shape index (κ3) is 3.07. The van der Waals surface area contributed by atoms with Crippen molar-refractivity contribution in [2.45, 2.75) is 32.4 Å². The van der Waals surface area contributed by atoms with Crippen LogP contribution in [0, 0.1) is 0 Å². The molecule has 0 spiro atoms. The van der Waals surface area contributed by atoms with E-state index in [9.17, 15) is 0 Å². The summed E-state index contributed by atoms with van der Waals surface area (Å²) in [7, 11) is 3.40. The maximum atomic E-state index is 5.54. The molecule has 0 bridgehead atoms. The zero-order valence-electron chi connectivity index (χ0n) is 13.0. The van der Waals surface area contributed by atoms with Gasteiger partial charge in [-0.2, -0.15) is 0 Å². The van der Waals surface area contributed by atoms with Crippen LogP contribution in [0.2, 0.25) is 0 Å². The Hall–Kier alpha value is -1.26. The third-order valence-corrected chi connectivity index (χ3v) is 4.26. The van der Waals surface area contributed by atoms with Crippen molar-refractivity contribution in [1.29, 1.82) is 0 Å². The lowest BCUT2D eigenvalue weighted by molar-refractivity contribution is 0.160. The highest BCUT2D eigenvalue weighted by Crippen LogP contribution is 2.33. The smallest absolute Gasteiger partial charge is 0.127 e. The van der Waals surface area contributed by atoms with Crippen LogP contribution in [0.1, 0.15) is 31.9 Å². The van der Waals surface area contributed by atoms with E-state index >= 15 is 0 Å². The number of hydrogen-bond acceptors (Lipinski definition) is 4. The quantitative estimate of drug-likeness (QED) is 0.866. The van der Waals surface area contributed by atoms with E-state index < -0.39 is 0 Å². The maximum absolute atomic E-state index is 5.54. The van der Waals surface area contributed by atoms with E-state index in [4.69, 9.17) is 9.47 Å². The SMILES string of the molecule is CCN(C1CCNC1)C(C)c1ccc(OC)cc1OC. The first-order chi connectivity index (χ1) is 9.71. The predicted molar refractivity (Wildman–Crippen MR) is 81.6 cm³/mol. The van der Waals surface area contributed by atoms with Crippen LogP contribution < -0.4 is 14.8 Å². The summed E-state index contributed by atoms with van der Waals surface area (Å²) in [6.07, 6.45) is 1.22. The molecule has 1 saturated heterocycles. The van der Waals surface area contributed by atoms with Gasteiger partial charge in [0.25, 0.3) is 0 Å². The average Bonchev–Trinajstić information content (AvgIpc) is 3.01. The van der Waals surface area contributed by atoms with Gasteiger partial charge in [-0.05, 0) is 32.5 Å². The molecule has 1 fully saturated rings. The van der Waals surface area contributed by atoms with Gasteiger partial charge in [-0.15, -0.1) is 0 Å². The number of ether oxygens (including phenoxy) is 2. The molecule has 1 N–H and O–H groups in total. The second-order valence-electron chi connectivity index (χ2n) is 5.26. The van der Waals surface area contributed by atoms with E-state index in [-0.39, 0.29) is 0 Å². The van der Waals surface area contributed by atoms with E-state index in [2.05, 4.69) is 30.1 Å². The molecule has 2 atom stereocenters. The summed E-state index contributed by atoms with van der Waals surface area (Å²) >= 11 is 0. The lowest BCUT2D eigenvalue weighted by atomic mass is 10.0. The first-order valence-electron chi connectivity index (χ1n) is 7.39. The standard InChI is InChI=1S/C16H26N2O2/c1-5-18(13-8-9-17-11-13)12(2)15-7-6-14(19-3)10-16(15)20-4/h6-7,10,12-13,17H,5,8-9,11H2,1-4H3. The first-order valence-corrected chi connectivity index (χ1v) is 7.39. The summed E-state index contributed by atoms with van der Waals surface area (Å²) in [4.78, 5) is 2.55. The van der Waals surface area contributed by atoms with Crippen LogP contribution in [-0.2, 0) is 0 Å². The Balaban J connectivity index is 2.23. The number of nitrogens with one attached hydrogen (secondary N) is 1. The summed E-state index contributed by atoms with van der Waals surface area (Å²) in [5.41, 5.74) is 1.22. The van der Waals surface area contributed by atoms with E-state index in [1.165, 1.54) is 12.0 Å². The molecule has 0 amide bonds. The van der Waals surface area contributed by atoms with Crippen LogP contribution in [0.5, 0.6) is 11.5 Å². The molecule has 2 unspecified atom stereocenters. The summed E-state index contributed by atoms with van der Waals surface area (Å²) in [6.45, 7) is 7.73. The van der Waals surface area contributed by atoms with E-state index in [1.54, 1.807) is 14.2 Å². The Morgan fingerprint density at radius 2 is 2.15 bits per heavy atom. The topological polar surface area (TPSA) is 33.7 Å². The van der Waals surface area contributed by atoms with Crippen molar-refractivity contribution < 1.29 is 9.47 Å². The highest BCUT2D eigenvalue weighted by Gasteiger charge is 2.27. The number of benzene rings is 1. The molecule has 112 valence electrons. The fraction of sp³-hybridized carbons (Fsp3) is 0.625. The minimum absolute atomic E-state index is 0.339. The van der Waals surface area contributed by atoms with Gasteiger partial charge < -0.3 is 14.8 Å². The summed E-state index contributed by atoms with van der Waals surface area (Å²) in [5, 5.41) is 3.45. The van der Waals surface area contributed by atoms with Crippen LogP contribution in [0.15, 0.2) is 18.2 Å². The Bertz CT molecular complexity index is 430. The predicted octanol–water partition coefficient (Wildman–Crippen LogP) is 2.45. The Morgan fingerprint density at radius 3 is 2.70 bits per heavy atom. The number of rotatable bonds is 6. The van der Waals surface area contributed by atoms with Crippen LogP contribution in [0.4, 0.5) is 0 Å². The molecular formula is C16H26N2O2. The Morgan fingerprint density at radius 1 is 1.35 bits per heavy atom. The molecule has 1 heterocycles. The maximum Gasteiger partial charge on any atom is 0.127 e. The normalized spacial score (nSPS) is 20.1. The van der Waals surface area contributed by atoms with Crippen molar-refractivity contribution >= 4 is 0 Å². The Kier molecular flexibility index (Phi) is 5.26. The number of likely N-dealkylation sites (N-methyl/N-ethyl adjacent to an activating group) is 1. The number of hydrogen-bond donors (Lipinski definition) is 1. The van der Waals surface area contributed by atoms with Gasteiger partial charge >= 0.3 is 0 Å². The molecule has 0 radical (unpaired) electrons. The molecule has 1 aromatic carbocycles. The van der Waals surface area contributed by atoms with Gasteiger partial charge in [-0.3, -0.25) is 4.90 Å². The van der Waals surface area contributed by atoms with Crippen molar-refractivity contribution in [2.24, 2.45) is 0 Å². The molecular weight excluding hydrogens is 252 g/mol. The summed E-state index contributed by atoms with van der Waals surface area (Å²) in [6, 6.07) is 7.04. The fourth-order valence-corrected chi connectivity index (χ4v) is 3.11. The Labute approximate surface area is 122 Å². The lowest BCUT2D eigenvalue weighted by Crippen LogP contribution is -2.38. The summed E-state index contributed by atoms with van der Waals surface area (Å²) < 4.78 is 10.8. The van der Waals surface area contributed by atoms with Crippen LogP contribution in [0.25, 0.3) is 0 Å². The van der Waals surface area contributed by atoms with E-state index in [1.807, 2.05) is 12.1 Å². The fourth-order valence-electron chi connectivity index (χ4n) is 3.11. The molecule has 4 heteroatoms. The lowest BCUT2D eigenvalue weighted by Gasteiger charge is -2.34. The van der Waals surface area contributed by atoms with E-state index in [0.717, 1.165) is 31.1 Å². The number of nitrogens with zero attached hydrogens (tertiary/aromatic N) is 1. The minimum atomic E-state index is 0.339. The zero-order valence-corrected chi connectivity index (χ0v) is 13.0. The highest BCUT2D eigenvalue weighted by atomic mass is 16.5. The van der Waals surface area contributed by atoms with Crippen molar-refractivity contribution in [3.8, 4) is 11.5 Å². The van der Waals surface area contributed by atoms with Gasteiger partial charge in [0.1, 0.15) is 11.5 Å². The van der Waals surface area contributed by atoms with Crippen molar-refractivity contribution in [2.75, 3.05) is 33.9 Å². The van der Waals surface area contributed by atoms with Gasteiger partial charge in [-0.1, -0.05) is 13.0 Å². The van der Waals surface area contributed by atoms with Gasteiger partial charge in [0.05, 0.1) is 14.2 Å². The van der Waals surface area contributed by atoms with Gasteiger partial charge in [0.2, 0.25) is 0 Å². The molecule has 0 saturated carbocycles. The van der Waals surface area contributed by atoms with Gasteiger partial charge in [-0.25, -0.2) is 0 Å². The molecule has 1 aliphatic heterocycles. The van der Waals surface area contributed by atoms with Crippen LogP contribution in [0.3, 0.4) is 0 Å². The second kappa shape index (κ2) is 6.95. The molecule has 20 heavy (non-hydrogen) atoms. The molecule has 0 aliphatic carbocycles. The molecule has 1 aliphatic rings. The molecule has 0 aromatic heterocycles. The van der Waals surface area contributed by atoms with Gasteiger partial charge in [0, 0.05) is 30.3 Å². The van der Waals surface area contributed by atoms with Crippen molar-refractivity contribution in [3.63, 3.8) is 0 Å². The third-order valence-electron chi connectivity index (χ3n) is 4.26. The van der Waals surface area contributed by atoms with Crippen LogP contribution >= 0.6 is 0 Å². The van der Waals surface area contributed by atoms with Crippen molar-refractivity contribution in [3.05, 3.63) is 23.8 Å². The monoisotopic (exact) mass is 278 g/mol. The summed E-state index contributed by atoms with van der Waals surface area (Å²) in [5.74, 6) is 1.74. The second-order valence-corrected chi connectivity index (χ2v) is 5.26. The highest BCUT2D eigenvalue weighted by molar-refractivity contribution is 5.42. The minimum Gasteiger partial charge on any atom is -0.497 e. The number of methoxy groups -OCH3 is 2. The van der Waals surface area contributed by atoms with Gasteiger partial charge in [0.15, 0.2) is 0 Å². The zero-order chi connectivity index (χ0) is 14.5. The molecule has 1 aromatic rings. The molecule has 4 nitrogen and oxygen atoms in total.